The van der Waals surface area contributed by atoms with Gasteiger partial charge in [0.2, 0.25) is 5.95 Å². The van der Waals surface area contributed by atoms with Crippen molar-refractivity contribution in [3.05, 3.63) is 41.7 Å². The van der Waals surface area contributed by atoms with Crippen LogP contribution in [0.1, 0.15) is 11.3 Å². The molecule has 5 nitrogen and oxygen atoms in total. The summed E-state index contributed by atoms with van der Waals surface area (Å²) in [4.78, 5) is 4.52. The molecule has 0 aliphatic rings. The predicted octanol–water partition coefficient (Wildman–Crippen LogP) is 2.73. The molecule has 2 rings (SSSR count). The molecule has 0 fully saturated rings. The van der Waals surface area contributed by atoms with E-state index in [1.807, 2.05) is 37.4 Å². The number of anilines is 2. The smallest absolute Gasteiger partial charge is 0.207 e. The summed E-state index contributed by atoms with van der Waals surface area (Å²) in [5.74, 6) is 0.822. The van der Waals surface area contributed by atoms with E-state index in [9.17, 15) is 0 Å². The number of rotatable bonds is 7. The first-order valence-electron chi connectivity index (χ1n) is 6.61. The number of hydrogen-bond donors (Lipinski definition) is 1. The fourth-order valence-electron chi connectivity index (χ4n) is 2.05. The molecule has 5 heteroatoms. The summed E-state index contributed by atoms with van der Waals surface area (Å²) >= 11 is 0. The van der Waals surface area contributed by atoms with Gasteiger partial charge < -0.3 is 19.4 Å². The Hall–Kier alpha value is -1.85. The highest BCUT2D eigenvalue weighted by Gasteiger charge is 2.08. The van der Waals surface area contributed by atoms with Crippen molar-refractivity contribution in [2.75, 3.05) is 26.1 Å². The Morgan fingerprint density at radius 1 is 1.20 bits per heavy atom. The van der Waals surface area contributed by atoms with E-state index in [2.05, 4.69) is 14.9 Å². The van der Waals surface area contributed by atoms with E-state index >= 15 is 0 Å². The molecule has 0 spiro atoms. The molecule has 2 aromatic rings. The molecule has 1 aromatic heterocycles. The molecule has 0 aliphatic heterocycles. The fourth-order valence-corrected chi connectivity index (χ4v) is 2.05. The van der Waals surface area contributed by atoms with Gasteiger partial charge in [-0.25, -0.2) is 4.98 Å². The van der Waals surface area contributed by atoms with Crippen molar-refractivity contribution in [3.8, 4) is 0 Å². The van der Waals surface area contributed by atoms with E-state index in [1.165, 1.54) is 0 Å². The monoisotopic (exact) mass is 275 g/mol. The minimum Gasteiger partial charge on any atom is -0.383 e. The zero-order valence-corrected chi connectivity index (χ0v) is 12.2. The number of nitrogens with zero attached hydrogens (tertiary/aromatic N) is 2. The van der Waals surface area contributed by atoms with Gasteiger partial charge in [0.1, 0.15) is 0 Å². The highest BCUT2D eigenvalue weighted by Crippen LogP contribution is 2.21. The predicted molar refractivity (Wildman–Crippen MR) is 79.3 cm³/mol. The van der Waals surface area contributed by atoms with Gasteiger partial charge in [0.15, 0.2) is 0 Å². The van der Waals surface area contributed by atoms with E-state index in [4.69, 9.17) is 9.47 Å². The fraction of sp³-hybridized carbons (Fsp3) is 0.400. The number of nitrogens with one attached hydrogen (secondary N) is 1. The molecule has 0 saturated carbocycles. The first kappa shape index (κ1) is 14.6. The Labute approximate surface area is 119 Å². The molecule has 0 bridgehead atoms. The molecule has 0 amide bonds. The van der Waals surface area contributed by atoms with Crippen LogP contribution in [0, 0.1) is 6.92 Å². The second-order valence-electron chi connectivity index (χ2n) is 4.61. The molecule has 0 atom stereocenters. The van der Waals surface area contributed by atoms with Gasteiger partial charge in [0.25, 0.3) is 0 Å². The lowest BCUT2D eigenvalue weighted by Crippen LogP contribution is -2.08. The van der Waals surface area contributed by atoms with Crippen LogP contribution in [0.4, 0.5) is 11.6 Å². The van der Waals surface area contributed by atoms with Gasteiger partial charge in [-0.2, -0.15) is 0 Å². The third-order valence-corrected chi connectivity index (χ3v) is 3.00. The lowest BCUT2D eigenvalue weighted by Gasteiger charge is -2.12. The number of methoxy groups -OCH3 is 2. The average Bonchev–Trinajstić information content (AvgIpc) is 2.79. The standard InChI is InChI=1S/C15H21N3O2/c1-12-10-18(8-9-19-2)15(16-12)17-14-7-5-4-6-13(14)11-20-3/h4-7,10H,8-9,11H2,1-3H3,(H,16,17). The largest absolute Gasteiger partial charge is 0.383 e. The first-order valence-corrected chi connectivity index (χ1v) is 6.61. The maximum absolute atomic E-state index is 5.22. The van der Waals surface area contributed by atoms with Crippen molar-refractivity contribution in [1.29, 1.82) is 0 Å². The summed E-state index contributed by atoms with van der Waals surface area (Å²) in [7, 11) is 3.39. The number of ether oxygens (including phenoxy) is 2. The van der Waals surface area contributed by atoms with E-state index in [0.29, 0.717) is 13.2 Å². The number of hydrogen-bond acceptors (Lipinski definition) is 4. The van der Waals surface area contributed by atoms with Crippen LogP contribution in [0.5, 0.6) is 0 Å². The number of imidazole rings is 1. The van der Waals surface area contributed by atoms with Crippen LogP contribution in [0.15, 0.2) is 30.5 Å². The van der Waals surface area contributed by atoms with Crippen LogP contribution in [-0.2, 0) is 22.6 Å². The molecule has 1 heterocycles. The van der Waals surface area contributed by atoms with E-state index in [-0.39, 0.29) is 0 Å². The summed E-state index contributed by atoms with van der Waals surface area (Å²) < 4.78 is 12.4. The van der Waals surface area contributed by atoms with Crippen molar-refractivity contribution in [3.63, 3.8) is 0 Å². The Bertz CT molecular complexity index is 552. The Morgan fingerprint density at radius 2 is 2.00 bits per heavy atom. The minimum atomic E-state index is 0.570. The lowest BCUT2D eigenvalue weighted by atomic mass is 10.2. The van der Waals surface area contributed by atoms with Crippen molar-refractivity contribution < 1.29 is 9.47 Å². The third-order valence-electron chi connectivity index (χ3n) is 3.00. The maximum Gasteiger partial charge on any atom is 0.207 e. The van der Waals surface area contributed by atoms with E-state index < -0.39 is 0 Å². The summed E-state index contributed by atoms with van der Waals surface area (Å²) in [5, 5.41) is 3.37. The number of benzene rings is 1. The molecule has 0 saturated heterocycles. The third kappa shape index (κ3) is 3.59. The average molecular weight is 275 g/mol. The van der Waals surface area contributed by atoms with Crippen LogP contribution >= 0.6 is 0 Å². The molecule has 1 N–H and O–H groups in total. The Balaban J connectivity index is 2.21. The zero-order valence-electron chi connectivity index (χ0n) is 12.2. The summed E-state index contributed by atoms with van der Waals surface area (Å²) in [6.45, 7) is 3.98. The second kappa shape index (κ2) is 7.07. The normalized spacial score (nSPS) is 10.8. The van der Waals surface area contributed by atoms with Gasteiger partial charge in [-0.1, -0.05) is 18.2 Å². The minimum absolute atomic E-state index is 0.570. The quantitative estimate of drug-likeness (QED) is 0.844. The molecule has 0 aliphatic carbocycles. The number of aryl methyl sites for hydroxylation is 1. The van der Waals surface area contributed by atoms with Crippen molar-refractivity contribution in [1.82, 2.24) is 9.55 Å². The Morgan fingerprint density at radius 3 is 2.75 bits per heavy atom. The van der Waals surface area contributed by atoms with Crippen molar-refractivity contribution >= 4 is 11.6 Å². The van der Waals surface area contributed by atoms with Gasteiger partial charge in [0.05, 0.1) is 18.9 Å². The summed E-state index contributed by atoms with van der Waals surface area (Å²) in [6, 6.07) is 8.07. The maximum atomic E-state index is 5.22. The molecular formula is C15H21N3O2. The molecule has 1 aromatic carbocycles. The van der Waals surface area contributed by atoms with Gasteiger partial charge in [-0.15, -0.1) is 0 Å². The lowest BCUT2D eigenvalue weighted by molar-refractivity contribution is 0.185. The first-order chi connectivity index (χ1) is 9.74. The highest BCUT2D eigenvalue weighted by atomic mass is 16.5. The van der Waals surface area contributed by atoms with Crippen molar-refractivity contribution in [2.24, 2.45) is 0 Å². The molecule has 0 unspecified atom stereocenters. The SMILES string of the molecule is COCCn1cc(C)nc1Nc1ccccc1COC. The second-order valence-corrected chi connectivity index (χ2v) is 4.61. The van der Waals surface area contributed by atoms with Gasteiger partial charge in [0, 0.05) is 38.2 Å². The molecular weight excluding hydrogens is 254 g/mol. The molecule has 20 heavy (non-hydrogen) atoms. The van der Waals surface area contributed by atoms with Crippen LogP contribution in [0.25, 0.3) is 0 Å². The topological polar surface area (TPSA) is 48.3 Å². The molecule has 0 radical (unpaired) electrons. The zero-order chi connectivity index (χ0) is 14.4. The highest BCUT2D eigenvalue weighted by molar-refractivity contribution is 5.58. The van der Waals surface area contributed by atoms with Gasteiger partial charge in [-0.05, 0) is 13.0 Å². The van der Waals surface area contributed by atoms with Crippen LogP contribution < -0.4 is 5.32 Å². The molecule has 108 valence electrons. The number of para-hydroxylation sites is 1. The summed E-state index contributed by atoms with van der Waals surface area (Å²) in [6.07, 6.45) is 2.01. The summed E-state index contributed by atoms with van der Waals surface area (Å²) in [5.41, 5.74) is 3.10. The van der Waals surface area contributed by atoms with E-state index in [1.54, 1.807) is 14.2 Å². The van der Waals surface area contributed by atoms with Gasteiger partial charge in [-0.3, -0.25) is 0 Å². The van der Waals surface area contributed by atoms with Crippen LogP contribution in [0.2, 0.25) is 0 Å². The van der Waals surface area contributed by atoms with E-state index in [0.717, 1.165) is 29.4 Å². The van der Waals surface area contributed by atoms with Crippen molar-refractivity contribution in [2.45, 2.75) is 20.1 Å². The van der Waals surface area contributed by atoms with Gasteiger partial charge >= 0.3 is 0 Å². The van der Waals surface area contributed by atoms with Crippen LogP contribution in [-0.4, -0.2) is 30.4 Å². The Kier molecular flexibility index (Phi) is 5.15. The number of aromatic nitrogens is 2. The van der Waals surface area contributed by atoms with Crippen LogP contribution in [0.3, 0.4) is 0 Å².